The molecule has 0 aliphatic heterocycles. The first kappa shape index (κ1) is 36.3. The SMILES string of the molecule is c1ccc(-c2cc(-c3cccc(-c4c(-c5ccccc5)c(-c5ccccc5)nc(-c5ccccc5)c4-c4ccccc4)c3)nc(-c3ccccc3-c3ccccc3)n2)cc1. The molecule has 2 aromatic heterocycles. The van der Waals surface area contributed by atoms with Crippen LogP contribution in [0.15, 0.2) is 237 Å². The average molecular weight is 766 g/mol. The summed E-state index contributed by atoms with van der Waals surface area (Å²) in [7, 11) is 0. The highest BCUT2D eigenvalue weighted by Crippen LogP contribution is 2.49. The van der Waals surface area contributed by atoms with Crippen molar-refractivity contribution >= 4 is 0 Å². The lowest BCUT2D eigenvalue weighted by Crippen LogP contribution is -2.02. The van der Waals surface area contributed by atoms with Gasteiger partial charge in [0.25, 0.3) is 0 Å². The van der Waals surface area contributed by atoms with Gasteiger partial charge in [-0.3, -0.25) is 0 Å². The van der Waals surface area contributed by atoms with Crippen LogP contribution in [0.4, 0.5) is 0 Å². The Balaban J connectivity index is 1.27. The number of nitrogens with zero attached hydrogens (tertiary/aromatic N) is 3. The highest BCUT2D eigenvalue weighted by Gasteiger charge is 2.25. The van der Waals surface area contributed by atoms with Crippen LogP contribution in [0, 0.1) is 0 Å². The van der Waals surface area contributed by atoms with Gasteiger partial charge in [-0.15, -0.1) is 0 Å². The second-order valence-electron chi connectivity index (χ2n) is 14.7. The number of rotatable bonds is 9. The quantitative estimate of drug-likeness (QED) is 0.147. The minimum atomic E-state index is 0.674. The Bertz CT molecular complexity index is 2940. The molecule has 2 heterocycles. The molecule has 0 spiro atoms. The molecule has 0 unspecified atom stereocenters. The summed E-state index contributed by atoms with van der Waals surface area (Å²) in [5.41, 5.74) is 17.4. The summed E-state index contributed by atoms with van der Waals surface area (Å²) in [6.45, 7) is 0. The molecule has 0 saturated heterocycles. The molecule has 0 N–H and O–H groups in total. The maximum absolute atomic E-state index is 5.64. The van der Waals surface area contributed by atoms with E-state index in [1.54, 1.807) is 0 Å². The van der Waals surface area contributed by atoms with Gasteiger partial charge in [0, 0.05) is 44.5 Å². The van der Waals surface area contributed by atoms with E-state index < -0.39 is 0 Å². The molecule has 10 rings (SSSR count). The lowest BCUT2D eigenvalue weighted by Gasteiger charge is -2.23. The van der Waals surface area contributed by atoms with Gasteiger partial charge in [-0.05, 0) is 39.9 Å². The van der Waals surface area contributed by atoms with E-state index in [0.717, 1.165) is 95.1 Å². The number of benzene rings is 8. The maximum atomic E-state index is 5.64. The zero-order chi connectivity index (χ0) is 40.1. The van der Waals surface area contributed by atoms with Crippen molar-refractivity contribution < 1.29 is 0 Å². The molecular weight excluding hydrogens is 727 g/mol. The fraction of sp³-hybridized carbons (Fsp3) is 0. The van der Waals surface area contributed by atoms with Gasteiger partial charge in [-0.25, -0.2) is 15.0 Å². The highest BCUT2D eigenvalue weighted by atomic mass is 14.9. The zero-order valence-corrected chi connectivity index (χ0v) is 32.9. The molecule has 3 nitrogen and oxygen atoms in total. The second kappa shape index (κ2) is 16.5. The number of hydrogen-bond acceptors (Lipinski definition) is 3. The van der Waals surface area contributed by atoms with E-state index in [4.69, 9.17) is 15.0 Å². The van der Waals surface area contributed by atoms with Gasteiger partial charge in [0.1, 0.15) is 0 Å². The summed E-state index contributed by atoms with van der Waals surface area (Å²) < 4.78 is 0. The molecule has 0 aliphatic rings. The summed E-state index contributed by atoms with van der Waals surface area (Å²) >= 11 is 0. The van der Waals surface area contributed by atoms with Crippen molar-refractivity contribution in [2.24, 2.45) is 0 Å². The maximum Gasteiger partial charge on any atom is 0.161 e. The lowest BCUT2D eigenvalue weighted by atomic mass is 9.83. The van der Waals surface area contributed by atoms with E-state index >= 15 is 0 Å². The Morgan fingerprint density at radius 3 is 1.08 bits per heavy atom. The first-order valence-corrected chi connectivity index (χ1v) is 20.3. The van der Waals surface area contributed by atoms with E-state index in [1.807, 2.05) is 12.1 Å². The lowest BCUT2D eigenvalue weighted by molar-refractivity contribution is 1.18. The van der Waals surface area contributed by atoms with Crippen molar-refractivity contribution in [3.8, 4) is 101 Å². The highest BCUT2D eigenvalue weighted by molar-refractivity contribution is 6.05. The Morgan fingerprint density at radius 2 is 0.583 bits per heavy atom. The Kier molecular flexibility index (Phi) is 9.97. The first-order chi connectivity index (χ1) is 29.8. The Hall–Kier alpha value is -8.01. The van der Waals surface area contributed by atoms with E-state index in [0.29, 0.717) is 5.82 Å². The molecule has 0 saturated carbocycles. The zero-order valence-electron chi connectivity index (χ0n) is 32.9. The number of hydrogen-bond donors (Lipinski definition) is 0. The molecular formula is C57H39N3. The van der Waals surface area contributed by atoms with E-state index in [-0.39, 0.29) is 0 Å². The van der Waals surface area contributed by atoms with Gasteiger partial charge in [0.15, 0.2) is 5.82 Å². The summed E-state index contributed by atoms with van der Waals surface area (Å²) in [6.07, 6.45) is 0. The third kappa shape index (κ3) is 7.21. The average Bonchev–Trinajstić information content (AvgIpc) is 3.35. The predicted octanol–water partition coefficient (Wildman–Crippen LogP) is 14.9. The molecule has 282 valence electrons. The van der Waals surface area contributed by atoms with Crippen LogP contribution in [0.2, 0.25) is 0 Å². The molecule has 0 fully saturated rings. The molecule has 0 aliphatic carbocycles. The van der Waals surface area contributed by atoms with Gasteiger partial charge < -0.3 is 0 Å². The van der Waals surface area contributed by atoms with E-state index in [2.05, 4.69) is 224 Å². The van der Waals surface area contributed by atoms with Crippen molar-refractivity contribution in [3.63, 3.8) is 0 Å². The van der Waals surface area contributed by atoms with E-state index in [1.165, 1.54) is 0 Å². The summed E-state index contributed by atoms with van der Waals surface area (Å²) in [4.78, 5) is 16.3. The number of pyridine rings is 1. The Morgan fingerprint density at radius 1 is 0.217 bits per heavy atom. The molecule has 60 heavy (non-hydrogen) atoms. The van der Waals surface area contributed by atoms with Gasteiger partial charge in [-0.2, -0.15) is 0 Å². The normalized spacial score (nSPS) is 11.0. The van der Waals surface area contributed by atoms with Gasteiger partial charge in [0.05, 0.1) is 22.8 Å². The smallest absolute Gasteiger partial charge is 0.161 e. The predicted molar refractivity (Wildman–Crippen MR) is 249 cm³/mol. The van der Waals surface area contributed by atoms with Gasteiger partial charge in [0.2, 0.25) is 0 Å². The van der Waals surface area contributed by atoms with Crippen LogP contribution < -0.4 is 0 Å². The molecule has 8 aromatic carbocycles. The Labute approximate surface area is 351 Å². The van der Waals surface area contributed by atoms with Crippen LogP contribution in [0.25, 0.3) is 101 Å². The second-order valence-corrected chi connectivity index (χ2v) is 14.7. The molecule has 0 amide bonds. The van der Waals surface area contributed by atoms with Crippen LogP contribution in [-0.2, 0) is 0 Å². The van der Waals surface area contributed by atoms with Gasteiger partial charge in [-0.1, -0.05) is 224 Å². The molecule has 0 bridgehead atoms. The monoisotopic (exact) mass is 765 g/mol. The fourth-order valence-corrected chi connectivity index (χ4v) is 8.11. The van der Waals surface area contributed by atoms with Crippen molar-refractivity contribution in [1.29, 1.82) is 0 Å². The van der Waals surface area contributed by atoms with Crippen molar-refractivity contribution in [2.45, 2.75) is 0 Å². The van der Waals surface area contributed by atoms with Crippen molar-refractivity contribution in [2.75, 3.05) is 0 Å². The molecule has 0 atom stereocenters. The van der Waals surface area contributed by atoms with Gasteiger partial charge >= 0.3 is 0 Å². The topological polar surface area (TPSA) is 38.7 Å². The standard InChI is InChI=1S/C57H39N3/c1-7-22-40(23-8-1)48-36-19-20-37-49(48)57-58-50(41-24-9-2-10-25-41)39-51(59-57)46-34-21-35-47(38-46)52-53(42-26-11-3-12-27-42)55(44-30-15-5-16-31-44)60-56(45-32-17-6-18-33-45)54(52)43-28-13-4-14-29-43/h1-39H. The van der Waals surface area contributed by atoms with Crippen LogP contribution in [0.3, 0.4) is 0 Å². The van der Waals surface area contributed by atoms with Crippen LogP contribution in [0.5, 0.6) is 0 Å². The van der Waals surface area contributed by atoms with Crippen LogP contribution in [0.1, 0.15) is 0 Å². The molecule has 10 aromatic rings. The third-order valence-corrected chi connectivity index (χ3v) is 10.9. The molecule has 3 heteroatoms. The third-order valence-electron chi connectivity index (χ3n) is 10.9. The van der Waals surface area contributed by atoms with Crippen LogP contribution in [-0.4, -0.2) is 15.0 Å². The van der Waals surface area contributed by atoms with E-state index in [9.17, 15) is 0 Å². The summed E-state index contributed by atoms with van der Waals surface area (Å²) in [6, 6.07) is 82.7. The minimum absolute atomic E-state index is 0.674. The van der Waals surface area contributed by atoms with Crippen molar-refractivity contribution in [1.82, 2.24) is 15.0 Å². The van der Waals surface area contributed by atoms with Crippen molar-refractivity contribution in [3.05, 3.63) is 237 Å². The molecule has 0 radical (unpaired) electrons. The fourth-order valence-electron chi connectivity index (χ4n) is 8.11. The first-order valence-electron chi connectivity index (χ1n) is 20.3. The minimum Gasteiger partial charge on any atom is -0.246 e. The summed E-state index contributed by atoms with van der Waals surface area (Å²) in [5, 5.41) is 0. The number of aromatic nitrogens is 3. The largest absolute Gasteiger partial charge is 0.246 e. The summed E-state index contributed by atoms with van der Waals surface area (Å²) in [5.74, 6) is 0.674. The van der Waals surface area contributed by atoms with Crippen LogP contribution >= 0.6 is 0 Å².